The van der Waals surface area contributed by atoms with Crippen LogP contribution in [-0.2, 0) is 0 Å². The third-order valence-electron chi connectivity index (χ3n) is 5.50. The summed E-state index contributed by atoms with van der Waals surface area (Å²) in [7, 11) is -1.70. The van der Waals surface area contributed by atoms with Crippen molar-refractivity contribution in [2.45, 2.75) is 19.8 Å². The number of hydrogen-bond donors (Lipinski definition) is 0. The second-order valence-electron chi connectivity index (χ2n) is 7.22. The van der Waals surface area contributed by atoms with Crippen molar-refractivity contribution in [3.63, 3.8) is 0 Å². The monoisotopic (exact) mass is 357 g/mol. The van der Waals surface area contributed by atoms with Crippen molar-refractivity contribution in [3.05, 3.63) is 103 Å². The van der Waals surface area contributed by atoms with Crippen LogP contribution < -0.4 is 15.9 Å². The van der Waals surface area contributed by atoms with Crippen LogP contribution in [0.15, 0.2) is 103 Å². The molecule has 0 saturated heterocycles. The smallest absolute Gasteiger partial charge is 0.0706 e. The lowest BCUT2D eigenvalue weighted by Crippen LogP contribution is -2.33. The van der Waals surface area contributed by atoms with E-state index in [0.29, 0.717) is 0 Å². The van der Waals surface area contributed by atoms with Gasteiger partial charge in [-0.2, -0.15) is 0 Å². The molecule has 0 aliphatic heterocycles. The summed E-state index contributed by atoms with van der Waals surface area (Å²) in [5.41, 5.74) is 1.58. The molecule has 3 aromatic carbocycles. The fourth-order valence-electron chi connectivity index (χ4n) is 3.80. The van der Waals surface area contributed by atoms with Crippen molar-refractivity contribution in [1.29, 1.82) is 0 Å². The summed E-state index contributed by atoms with van der Waals surface area (Å²) in [4.78, 5) is 0. The molecule has 4 rings (SSSR count). The van der Waals surface area contributed by atoms with E-state index in [4.69, 9.17) is 0 Å². The average molecular weight is 357 g/mol. The van der Waals surface area contributed by atoms with Gasteiger partial charge in [-0.3, -0.25) is 0 Å². The lowest BCUT2D eigenvalue weighted by molar-refractivity contribution is 1.00. The average Bonchev–Trinajstić information content (AvgIpc) is 3.56. The van der Waals surface area contributed by atoms with Gasteiger partial charge < -0.3 is 0 Å². The molecule has 1 aliphatic carbocycles. The first-order chi connectivity index (χ1) is 12.8. The van der Waals surface area contributed by atoms with E-state index in [1.165, 1.54) is 28.8 Å². The molecule has 1 saturated carbocycles. The molecule has 0 aromatic heterocycles. The van der Waals surface area contributed by atoms with Crippen molar-refractivity contribution in [3.8, 4) is 0 Å². The van der Waals surface area contributed by atoms with Gasteiger partial charge in [-0.15, -0.1) is 0 Å². The van der Waals surface area contributed by atoms with Gasteiger partial charge in [0.15, 0.2) is 0 Å². The molecule has 0 heterocycles. The molecule has 0 atom stereocenters. The lowest BCUT2D eigenvalue weighted by Gasteiger charge is -2.27. The molecule has 1 heteroatoms. The van der Waals surface area contributed by atoms with E-state index in [9.17, 15) is 0 Å². The van der Waals surface area contributed by atoms with Crippen LogP contribution in [0.1, 0.15) is 19.8 Å². The van der Waals surface area contributed by atoms with Crippen LogP contribution in [0.5, 0.6) is 0 Å². The molecular weight excluding hydrogens is 331 g/mol. The van der Waals surface area contributed by atoms with Gasteiger partial charge in [0.2, 0.25) is 0 Å². The Morgan fingerprint density at radius 3 is 1.46 bits per heavy atom. The Morgan fingerprint density at radius 1 is 0.731 bits per heavy atom. The molecule has 0 spiro atoms. The van der Waals surface area contributed by atoms with Crippen LogP contribution in [0.3, 0.4) is 0 Å². The molecule has 130 valence electrons. The number of benzene rings is 3. The van der Waals surface area contributed by atoms with Crippen LogP contribution in [-0.4, -0.2) is 6.16 Å². The number of hydrogen-bond acceptors (Lipinski definition) is 0. The molecule has 0 amide bonds. The van der Waals surface area contributed by atoms with Crippen molar-refractivity contribution < 1.29 is 0 Å². The summed E-state index contributed by atoms with van der Waals surface area (Å²) in [5, 5.41) is 4.41. The van der Waals surface area contributed by atoms with Gasteiger partial charge in [0.05, 0.1) is 6.16 Å². The summed E-state index contributed by atoms with van der Waals surface area (Å²) in [6, 6.07) is 33.5. The Morgan fingerprint density at radius 2 is 1.12 bits per heavy atom. The zero-order valence-corrected chi connectivity index (χ0v) is 16.3. The minimum absolute atomic E-state index is 0.833. The molecule has 0 bridgehead atoms. The summed E-state index contributed by atoms with van der Waals surface area (Å²) in [6.45, 7) is 2.33. The van der Waals surface area contributed by atoms with E-state index in [2.05, 4.69) is 104 Å². The molecule has 0 nitrogen and oxygen atoms in total. The van der Waals surface area contributed by atoms with Gasteiger partial charge in [0.25, 0.3) is 0 Å². The quantitative estimate of drug-likeness (QED) is 0.413. The van der Waals surface area contributed by atoms with Gasteiger partial charge in [-0.25, -0.2) is 0 Å². The second kappa shape index (κ2) is 7.60. The largest absolute Gasteiger partial charge is 0.115 e. The zero-order valence-electron chi connectivity index (χ0n) is 15.4. The van der Waals surface area contributed by atoms with Crippen molar-refractivity contribution in [2.75, 3.05) is 6.16 Å². The van der Waals surface area contributed by atoms with Gasteiger partial charge in [0.1, 0.15) is 23.2 Å². The van der Waals surface area contributed by atoms with Gasteiger partial charge in [-0.05, 0) is 68.2 Å². The minimum atomic E-state index is -1.70. The molecule has 1 fully saturated rings. The lowest BCUT2D eigenvalue weighted by atomic mass is 10.2. The Balaban J connectivity index is 1.92. The normalized spacial score (nSPS) is 15.0. The Kier molecular flexibility index (Phi) is 5.05. The van der Waals surface area contributed by atoms with Crippen molar-refractivity contribution >= 4 is 23.2 Å². The number of allylic oxidation sites excluding steroid dienone is 2. The van der Waals surface area contributed by atoms with Crippen LogP contribution in [0.25, 0.3) is 0 Å². The molecule has 3 aromatic rings. The summed E-state index contributed by atoms with van der Waals surface area (Å²) in [5.74, 6) is 0.833. The maximum Gasteiger partial charge on any atom is 0.115 e. The first-order valence-corrected chi connectivity index (χ1v) is 11.5. The highest BCUT2D eigenvalue weighted by molar-refractivity contribution is 7.95. The van der Waals surface area contributed by atoms with E-state index in [1.54, 1.807) is 5.57 Å². The summed E-state index contributed by atoms with van der Waals surface area (Å²) >= 11 is 0. The van der Waals surface area contributed by atoms with E-state index in [0.717, 1.165) is 12.1 Å². The van der Waals surface area contributed by atoms with Crippen LogP contribution >= 0.6 is 7.26 Å². The third-order valence-corrected chi connectivity index (χ3v) is 9.77. The Hall–Kier alpha value is -2.17. The van der Waals surface area contributed by atoms with E-state index >= 15 is 0 Å². The van der Waals surface area contributed by atoms with E-state index in [-0.39, 0.29) is 0 Å². The number of rotatable bonds is 6. The van der Waals surface area contributed by atoms with Crippen molar-refractivity contribution in [1.82, 2.24) is 0 Å². The minimum Gasteiger partial charge on any atom is -0.0706 e. The molecule has 0 unspecified atom stereocenters. The third kappa shape index (κ3) is 3.39. The summed E-state index contributed by atoms with van der Waals surface area (Å²) in [6.07, 6.45) is 6.39. The Bertz CT molecular complexity index is 765. The second-order valence-corrected chi connectivity index (χ2v) is 10.8. The fourth-order valence-corrected chi connectivity index (χ4v) is 7.93. The SMILES string of the molecule is C/C(=C\C[P+](c1ccccc1)(c1ccccc1)c1ccccc1)C1CC1. The zero-order chi connectivity index (χ0) is 17.8. The van der Waals surface area contributed by atoms with Gasteiger partial charge in [0, 0.05) is 0 Å². The first-order valence-electron chi connectivity index (χ1n) is 9.52. The highest BCUT2D eigenvalue weighted by Gasteiger charge is 2.44. The van der Waals surface area contributed by atoms with Crippen LogP contribution in [0.2, 0.25) is 0 Å². The first kappa shape index (κ1) is 17.3. The van der Waals surface area contributed by atoms with E-state index < -0.39 is 7.26 Å². The maximum atomic E-state index is 2.54. The molecule has 1 aliphatic rings. The van der Waals surface area contributed by atoms with Crippen molar-refractivity contribution in [2.24, 2.45) is 5.92 Å². The molecular formula is C25H26P+. The highest BCUT2D eigenvalue weighted by Crippen LogP contribution is 2.55. The predicted molar refractivity (Wildman–Crippen MR) is 116 cm³/mol. The highest BCUT2D eigenvalue weighted by atomic mass is 31.2. The van der Waals surface area contributed by atoms with Crippen LogP contribution in [0, 0.1) is 5.92 Å². The Labute approximate surface area is 157 Å². The predicted octanol–water partition coefficient (Wildman–Crippen LogP) is 5.34. The van der Waals surface area contributed by atoms with Gasteiger partial charge >= 0.3 is 0 Å². The van der Waals surface area contributed by atoms with Gasteiger partial charge in [-0.1, -0.05) is 60.2 Å². The van der Waals surface area contributed by atoms with E-state index in [1.807, 2.05) is 0 Å². The topological polar surface area (TPSA) is 0 Å². The van der Waals surface area contributed by atoms with Crippen LogP contribution in [0.4, 0.5) is 0 Å². The maximum absolute atomic E-state index is 2.54. The standard InChI is InChI=1S/C25H26P/c1-21(22-17-18-22)19-20-26(23-11-5-2-6-12-23,24-13-7-3-8-14-24)25-15-9-4-10-16-25/h2-16,19,22H,17-18,20H2,1H3/q+1/b21-19+. The fraction of sp³-hybridized carbons (Fsp3) is 0.200. The molecule has 0 radical (unpaired) electrons. The molecule has 0 N–H and O–H groups in total. The summed E-state index contributed by atoms with van der Waals surface area (Å²) < 4.78 is 0. The molecule has 26 heavy (non-hydrogen) atoms.